The first-order valence-corrected chi connectivity index (χ1v) is 13.0. The molecule has 5 rings (SSSR count). The molecule has 0 spiro atoms. The van der Waals surface area contributed by atoms with Crippen molar-refractivity contribution in [2.45, 2.75) is 13.2 Å². The summed E-state index contributed by atoms with van der Waals surface area (Å²) in [5.74, 6) is 0.650. The van der Waals surface area contributed by atoms with Crippen LogP contribution in [0.5, 0.6) is 11.5 Å². The summed E-state index contributed by atoms with van der Waals surface area (Å²) in [4.78, 5) is 27.4. The molecule has 37 heavy (non-hydrogen) atoms. The smallest absolute Gasteiger partial charge is 0.293 e. The molecule has 5 nitrogen and oxygen atoms in total. The molecule has 1 heterocycles. The molecule has 8 heteroatoms. The number of carbonyl (C=O) groups excluding carboxylic acids is 2. The minimum atomic E-state index is -0.329. The quantitative estimate of drug-likeness (QED) is 0.219. The zero-order valence-corrected chi connectivity index (χ0v) is 22.1. The van der Waals surface area contributed by atoms with Crippen LogP contribution in [0, 0.1) is 0 Å². The maximum Gasteiger partial charge on any atom is 0.293 e. The number of ether oxygens (including phenoxy) is 2. The van der Waals surface area contributed by atoms with E-state index in [-0.39, 0.29) is 24.3 Å². The molecule has 0 aliphatic carbocycles. The highest BCUT2D eigenvalue weighted by atomic mass is 35.5. The number of thioether (sulfide) groups is 1. The van der Waals surface area contributed by atoms with Gasteiger partial charge in [-0.1, -0.05) is 71.7 Å². The van der Waals surface area contributed by atoms with Crippen LogP contribution in [0.25, 0.3) is 16.8 Å². The van der Waals surface area contributed by atoms with E-state index >= 15 is 0 Å². The van der Waals surface area contributed by atoms with Crippen molar-refractivity contribution in [3.05, 3.63) is 111 Å². The number of amides is 2. The van der Waals surface area contributed by atoms with Gasteiger partial charge >= 0.3 is 0 Å². The fourth-order valence-electron chi connectivity index (χ4n) is 4.02. The van der Waals surface area contributed by atoms with Gasteiger partial charge in [-0.05, 0) is 70.1 Å². The largest absolute Gasteiger partial charge is 0.493 e. The van der Waals surface area contributed by atoms with Crippen molar-refractivity contribution in [2.24, 2.45) is 0 Å². The molecule has 0 bridgehead atoms. The lowest BCUT2D eigenvalue weighted by molar-refractivity contribution is -0.123. The average Bonchev–Trinajstić information content (AvgIpc) is 3.15. The van der Waals surface area contributed by atoms with Crippen molar-refractivity contribution in [1.29, 1.82) is 0 Å². The highest BCUT2D eigenvalue weighted by molar-refractivity contribution is 8.18. The summed E-state index contributed by atoms with van der Waals surface area (Å²) in [6.45, 7) is 0.350. The molecule has 0 aromatic heterocycles. The van der Waals surface area contributed by atoms with Crippen LogP contribution in [-0.2, 0) is 17.9 Å². The van der Waals surface area contributed by atoms with E-state index < -0.39 is 0 Å². The third kappa shape index (κ3) is 5.47. The average molecular weight is 550 g/mol. The zero-order valence-electron chi connectivity index (χ0n) is 19.7. The lowest BCUT2D eigenvalue weighted by Gasteiger charge is -2.14. The lowest BCUT2D eigenvalue weighted by Crippen LogP contribution is -2.27. The van der Waals surface area contributed by atoms with E-state index in [0.29, 0.717) is 37.6 Å². The number of hydrogen-bond acceptors (Lipinski definition) is 5. The van der Waals surface area contributed by atoms with Crippen molar-refractivity contribution >= 4 is 63.0 Å². The first-order chi connectivity index (χ1) is 17.9. The maximum atomic E-state index is 13.1. The number of nitrogens with zero attached hydrogens (tertiary/aromatic N) is 1. The van der Waals surface area contributed by atoms with Gasteiger partial charge in [0.25, 0.3) is 11.1 Å². The molecule has 0 saturated carbocycles. The number of rotatable bonds is 7. The molecular formula is C29H21Cl2NO4S. The number of fused-ring (bicyclic) bond motifs is 1. The molecule has 2 amide bonds. The van der Waals surface area contributed by atoms with E-state index in [1.807, 2.05) is 42.5 Å². The number of benzene rings is 4. The molecule has 186 valence electrons. The van der Waals surface area contributed by atoms with Gasteiger partial charge in [-0.2, -0.15) is 0 Å². The Morgan fingerprint density at radius 2 is 1.62 bits per heavy atom. The number of halogens is 2. The van der Waals surface area contributed by atoms with Gasteiger partial charge in [-0.15, -0.1) is 0 Å². The van der Waals surface area contributed by atoms with Crippen LogP contribution in [0.3, 0.4) is 0 Å². The van der Waals surface area contributed by atoms with E-state index in [1.54, 1.807) is 49.6 Å². The van der Waals surface area contributed by atoms with Crippen LogP contribution in [-0.4, -0.2) is 23.2 Å². The second-order valence-electron chi connectivity index (χ2n) is 8.35. The summed E-state index contributed by atoms with van der Waals surface area (Å²) in [6, 6.07) is 24.5. The van der Waals surface area contributed by atoms with Gasteiger partial charge in [-0.25, -0.2) is 0 Å². The zero-order chi connectivity index (χ0) is 25.9. The van der Waals surface area contributed by atoms with Crippen molar-refractivity contribution in [3.8, 4) is 11.5 Å². The first kappa shape index (κ1) is 25.2. The van der Waals surface area contributed by atoms with Crippen molar-refractivity contribution in [2.75, 3.05) is 7.11 Å². The topological polar surface area (TPSA) is 55.8 Å². The summed E-state index contributed by atoms with van der Waals surface area (Å²) in [5.41, 5.74) is 2.24. The van der Waals surface area contributed by atoms with E-state index in [1.165, 1.54) is 4.90 Å². The molecule has 1 saturated heterocycles. The van der Waals surface area contributed by atoms with Crippen molar-refractivity contribution in [3.63, 3.8) is 0 Å². The Balaban J connectivity index is 1.35. The lowest BCUT2D eigenvalue weighted by atomic mass is 10.1. The molecule has 0 N–H and O–H groups in total. The predicted octanol–water partition coefficient (Wildman–Crippen LogP) is 7.97. The Morgan fingerprint density at radius 1 is 0.865 bits per heavy atom. The third-order valence-electron chi connectivity index (χ3n) is 5.95. The molecule has 0 radical (unpaired) electrons. The fourth-order valence-corrected chi connectivity index (χ4v) is 5.37. The van der Waals surface area contributed by atoms with Crippen LogP contribution in [0.15, 0.2) is 83.8 Å². The van der Waals surface area contributed by atoms with E-state index in [0.717, 1.165) is 28.1 Å². The minimum absolute atomic E-state index is 0.139. The molecule has 1 fully saturated rings. The summed E-state index contributed by atoms with van der Waals surface area (Å²) in [5, 5.41) is 2.87. The number of imide groups is 1. The Kier molecular flexibility index (Phi) is 7.42. The van der Waals surface area contributed by atoms with Crippen LogP contribution in [0.1, 0.15) is 16.7 Å². The van der Waals surface area contributed by atoms with Gasteiger partial charge in [0.05, 0.1) is 18.6 Å². The van der Waals surface area contributed by atoms with E-state index in [4.69, 9.17) is 32.7 Å². The normalized spacial score (nSPS) is 14.6. The van der Waals surface area contributed by atoms with Gasteiger partial charge in [0, 0.05) is 15.6 Å². The van der Waals surface area contributed by atoms with E-state index in [2.05, 4.69) is 0 Å². The SMILES string of the molecule is COc1ccc(/C=C2\SC(=O)N(Cc3ccc4ccccc4c3)C2=O)cc1OCc1c(Cl)cccc1Cl. The maximum absolute atomic E-state index is 13.1. The van der Waals surface area contributed by atoms with Gasteiger partial charge in [-0.3, -0.25) is 14.5 Å². The number of hydrogen-bond donors (Lipinski definition) is 0. The third-order valence-corrected chi connectivity index (χ3v) is 7.56. The standard InChI is InChI=1S/C29H21Cl2NO4S/c1-35-25-12-10-18(14-26(25)36-17-22-23(30)7-4-8-24(22)31)15-27-28(33)32(29(34)37-27)16-19-9-11-20-5-2-3-6-21(20)13-19/h2-15H,16-17H2,1H3/b27-15-. The Morgan fingerprint density at radius 3 is 2.38 bits per heavy atom. The minimum Gasteiger partial charge on any atom is -0.493 e. The van der Waals surface area contributed by atoms with Crippen LogP contribution in [0.4, 0.5) is 4.79 Å². The van der Waals surface area contributed by atoms with Gasteiger partial charge in [0.15, 0.2) is 11.5 Å². The van der Waals surface area contributed by atoms with Crippen molar-refractivity contribution in [1.82, 2.24) is 4.90 Å². The number of methoxy groups -OCH3 is 1. The molecule has 4 aromatic rings. The van der Waals surface area contributed by atoms with Crippen LogP contribution in [0.2, 0.25) is 10.0 Å². The highest BCUT2D eigenvalue weighted by Gasteiger charge is 2.35. The highest BCUT2D eigenvalue weighted by Crippen LogP contribution is 2.36. The van der Waals surface area contributed by atoms with Crippen molar-refractivity contribution < 1.29 is 19.1 Å². The number of carbonyl (C=O) groups is 2. The Bertz CT molecular complexity index is 1530. The molecule has 0 unspecified atom stereocenters. The monoisotopic (exact) mass is 549 g/mol. The summed E-state index contributed by atoms with van der Waals surface area (Å²) < 4.78 is 11.4. The van der Waals surface area contributed by atoms with Gasteiger partial charge < -0.3 is 9.47 Å². The summed E-state index contributed by atoms with van der Waals surface area (Å²) in [6.07, 6.45) is 1.68. The molecular weight excluding hydrogens is 529 g/mol. The van der Waals surface area contributed by atoms with Gasteiger partial charge in [0.1, 0.15) is 6.61 Å². The fraction of sp³-hybridized carbons (Fsp3) is 0.103. The van der Waals surface area contributed by atoms with Crippen LogP contribution < -0.4 is 9.47 Å². The molecule has 4 aromatic carbocycles. The van der Waals surface area contributed by atoms with Gasteiger partial charge in [0.2, 0.25) is 0 Å². The summed E-state index contributed by atoms with van der Waals surface area (Å²) in [7, 11) is 1.54. The molecule has 1 aliphatic rings. The first-order valence-electron chi connectivity index (χ1n) is 11.4. The molecule has 0 atom stereocenters. The molecule has 1 aliphatic heterocycles. The van der Waals surface area contributed by atoms with E-state index in [9.17, 15) is 9.59 Å². The second kappa shape index (κ2) is 10.9. The van der Waals surface area contributed by atoms with Crippen LogP contribution >= 0.6 is 35.0 Å². The summed E-state index contributed by atoms with van der Waals surface area (Å²) >= 11 is 13.4. The Hall–Kier alpha value is -3.45. The Labute approximate surface area is 228 Å². The predicted molar refractivity (Wildman–Crippen MR) is 149 cm³/mol. The second-order valence-corrected chi connectivity index (χ2v) is 10.2.